The molecule has 1 amide bonds. The van der Waals surface area contributed by atoms with E-state index >= 15 is 0 Å². The molecule has 1 aromatic heterocycles. The minimum Gasteiger partial charge on any atom is -0.472 e. The van der Waals surface area contributed by atoms with Gasteiger partial charge in [-0.15, -0.1) is 0 Å². The summed E-state index contributed by atoms with van der Waals surface area (Å²) in [6, 6.07) is 4.33. The van der Waals surface area contributed by atoms with Crippen LogP contribution < -0.4 is 16.2 Å². The zero-order chi connectivity index (χ0) is 17.0. The molecule has 0 atom stereocenters. The van der Waals surface area contributed by atoms with Gasteiger partial charge in [0.05, 0.1) is 17.4 Å². The summed E-state index contributed by atoms with van der Waals surface area (Å²) in [6.45, 7) is 2.65. The molecular weight excluding hydrogens is 318 g/mol. The monoisotopic (exact) mass is 337 g/mol. The van der Waals surface area contributed by atoms with E-state index in [0.717, 1.165) is 12.8 Å². The van der Waals surface area contributed by atoms with Crippen molar-refractivity contribution >= 4 is 21.6 Å². The summed E-state index contributed by atoms with van der Waals surface area (Å²) in [5.74, 6) is -0.729. The molecule has 0 radical (unpaired) electrons. The summed E-state index contributed by atoms with van der Waals surface area (Å²) >= 11 is 0. The largest absolute Gasteiger partial charge is 0.472 e. The molecule has 0 aliphatic carbocycles. The highest BCUT2D eigenvalue weighted by atomic mass is 32.2. The van der Waals surface area contributed by atoms with E-state index in [0.29, 0.717) is 23.4 Å². The maximum atomic E-state index is 12.0. The van der Waals surface area contributed by atoms with Crippen LogP contribution in [0.1, 0.15) is 30.1 Å². The quantitative estimate of drug-likeness (QED) is 0.665. The number of carbonyl (C=O) groups excluding carboxylic acids is 1. The molecule has 0 unspecified atom stereocenters. The van der Waals surface area contributed by atoms with Gasteiger partial charge in [-0.05, 0) is 24.6 Å². The number of primary amides is 1. The molecule has 0 spiro atoms. The topological polar surface area (TPSA) is 128 Å². The Kier molecular flexibility index (Phi) is 5.07. The van der Waals surface area contributed by atoms with E-state index in [1.54, 1.807) is 6.07 Å². The van der Waals surface area contributed by atoms with Gasteiger partial charge in [0, 0.05) is 28.9 Å². The van der Waals surface area contributed by atoms with E-state index in [-0.39, 0.29) is 10.5 Å². The third kappa shape index (κ3) is 3.91. The SMILES string of the molecule is CCCCNc1cc(C(N)=O)cc(S(N)(=O)=O)c1-c1ccoc1. The van der Waals surface area contributed by atoms with E-state index in [1.807, 2.05) is 6.92 Å². The number of rotatable bonds is 7. The number of carbonyl (C=O) groups is 1. The Hall–Kier alpha value is -2.32. The number of amides is 1. The molecule has 124 valence electrons. The molecule has 8 heteroatoms. The molecule has 0 aliphatic rings. The lowest BCUT2D eigenvalue weighted by Gasteiger charge is -2.16. The molecule has 0 bridgehead atoms. The number of nitrogens with one attached hydrogen (secondary N) is 1. The summed E-state index contributed by atoms with van der Waals surface area (Å²) in [5.41, 5.74) is 6.75. The zero-order valence-electron chi connectivity index (χ0n) is 12.7. The number of sulfonamides is 1. The molecule has 2 aromatic rings. The fourth-order valence-electron chi connectivity index (χ4n) is 2.23. The number of unbranched alkanes of at least 4 members (excludes halogenated alkanes) is 1. The van der Waals surface area contributed by atoms with Crippen molar-refractivity contribution in [3.05, 3.63) is 36.3 Å². The smallest absolute Gasteiger partial charge is 0.248 e. The van der Waals surface area contributed by atoms with Gasteiger partial charge in [0.2, 0.25) is 15.9 Å². The number of anilines is 1. The van der Waals surface area contributed by atoms with E-state index in [4.69, 9.17) is 15.3 Å². The van der Waals surface area contributed by atoms with Crippen LogP contribution in [-0.4, -0.2) is 20.9 Å². The van der Waals surface area contributed by atoms with Crippen LogP contribution in [0, 0.1) is 0 Å². The van der Waals surface area contributed by atoms with Crippen molar-refractivity contribution < 1.29 is 17.6 Å². The predicted molar refractivity (Wildman–Crippen MR) is 87.4 cm³/mol. The Labute approximate surface area is 134 Å². The second-order valence-electron chi connectivity index (χ2n) is 5.10. The van der Waals surface area contributed by atoms with Crippen LogP contribution in [0.25, 0.3) is 11.1 Å². The van der Waals surface area contributed by atoms with Gasteiger partial charge in [0.25, 0.3) is 0 Å². The second-order valence-corrected chi connectivity index (χ2v) is 6.63. The van der Waals surface area contributed by atoms with Crippen LogP contribution in [0.4, 0.5) is 5.69 Å². The molecule has 23 heavy (non-hydrogen) atoms. The average Bonchev–Trinajstić information content (AvgIpc) is 2.99. The normalized spacial score (nSPS) is 11.4. The summed E-state index contributed by atoms with van der Waals surface area (Å²) in [4.78, 5) is 11.3. The van der Waals surface area contributed by atoms with Gasteiger partial charge in [0.15, 0.2) is 0 Å². The summed E-state index contributed by atoms with van der Waals surface area (Å²) < 4.78 is 29.0. The first-order chi connectivity index (χ1) is 10.8. The number of nitrogens with two attached hydrogens (primary N) is 2. The Balaban J connectivity index is 2.70. The number of primary sulfonamides is 1. The molecule has 0 saturated carbocycles. The van der Waals surface area contributed by atoms with E-state index in [1.165, 1.54) is 24.7 Å². The van der Waals surface area contributed by atoms with Gasteiger partial charge in [-0.25, -0.2) is 13.6 Å². The molecule has 5 N–H and O–H groups in total. The Morgan fingerprint density at radius 1 is 1.35 bits per heavy atom. The molecule has 1 aromatic carbocycles. The maximum absolute atomic E-state index is 12.0. The standard InChI is InChI=1S/C15H19N3O4S/c1-2-3-5-18-12-7-11(15(16)19)8-13(23(17,20)21)14(12)10-4-6-22-9-10/h4,6-9,18H,2-3,5H2,1H3,(H2,16,19)(H2,17,20,21). The van der Waals surface area contributed by atoms with Gasteiger partial charge in [0.1, 0.15) is 0 Å². The first kappa shape index (κ1) is 17.0. The van der Waals surface area contributed by atoms with Crippen LogP contribution >= 0.6 is 0 Å². The van der Waals surface area contributed by atoms with Crippen LogP contribution in [0.5, 0.6) is 0 Å². The van der Waals surface area contributed by atoms with Gasteiger partial charge in [-0.2, -0.15) is 0 Å². The van der Waals surface area contributed by atoms with Crippen molar-refractivity contribution in [1.29, 1.82) is 0 Å². The van der Waals surface area contributed by atoms with Crippen molar-refractivity contribution in [1.82, 2.24) is 0 Å². The molecule has 7 nitrogen and oxygen atoms in total. The Bertz CT molecular complexity index is 798. The molecule has 0 saturated heterocycles. The highest BCUT2D eigenvalue weighted by Crippen LogP contribution is 2.35. The highest BCUT2D eigenvalue weighted by Gasteiger charge is 2.22. The Morgan fingerprint density at radius 3 is 2.61 bits per heavy atom. The highest BCUT2D eigenvalue weighted by molar-refractivity contribution is 7.89. The number of furan rings is 1. The molecule has 2 rings (SSSR count). The number of hydrogen-bond donors (Lipinski definition) is 3. The maximum Gasteiger partial charge on any atom is 0.248 e. The molecule has 1 heterocycles. The van der Waals surface area contributed by atoms with Gasteiger partial charge >= 0.3 is 0 Å². The lowest BCUT2D eigenvalue weighted by Crippen LogP contribution is -2.18. The summed E-state index contributed by atoms with van der Waals surface area (Å²) in [5, 5.41) is 8.46. The van der Waals surface area contributed by atoms with Crippen molar-refractivity contribution in [3.63, 3.8) is 0 Å². The minimum atomic E-state index is -4.06. The van der Waals surface area contributed by atoms with Gasteiger partial charge < -0.3 is 15.5 Å². The van der Waals surface area contributed by atoms with Crippen molar-refractivity contribution in [2.45, 2.75) is 24.7 Å². The number of benzene rings is 1. The predicted octanol–water partition coefficient (Wildman–Crippen LogP) is 1.90. The van der Waals surface area contributed by atoms with Crippen molar-refractivity contribution in [3.8, 4) is 11.1 Å². The molecular formula is C15H19N3O4S. The number of hydrogen-bond acceptors (Lipinski definition) is 5. The fraction of sp³-hybridized carbons (Fsp3) is 0.267. The van der Waals surface area contributed by atoms with E-state index in [9.17, 15) is 13.2 Å². The lowest BCUT2D eigenvalue weighted by atomic mass is 10.0. The van der Waals surface area contributed by atoms with Crippen LogP contribution in [0.3, 0.4) is 0 Å². The third-order valence-corrected chi connectivity index (χ3v) is 4.28. The molecule has 0 fully saturated rings. The first-order valence-electron chi connectivity index (χ1n) is 7.11. The van der Waals surface area contributed by atoms with Gasteiger partial charge in [-0.3, -0.25) is 4.79 Å². The average molecular weight is 337 g/mol. The van der Waals surface area contributed by atoms with Crippen LogP contribution in [0.15, 0.2) is 40.0 Å². The van der Waals surface area contributed by atoms with Crippen LogP contribution in [0.2, 0.25) is 0 Å². The van der Waals surface area contributed by atoms with E-state index in [2.05, 4.69) is 5.32 Å². The van der Waals surface area contributed by atoms with Gasteiger partial charge in [-0.1, -0.05) is 13.3 Å². The summed E-state index contributed by atoms with van der Waals surface area (Å²) in [7, 11) is -4.06. The fourth-order valence-corrected chi connectivity index (χ4v) is 3.03. The van der Waals surface area contributed by atoms with Crippen LogP contribution in [-0.2, 0) is 10.0 Å². The van der Waals surface area contributed by atoms with E-state index < -0.39 is 15.9 Å². The zero-order valence-corrected chi connectivity index (χ0v) is 13.5. The lowest BCUT2D eigenvalue weighted by molar-refractivity contribution is 0.1000. The third-order valence-electron chi connectivity index (χ3n) is 3.35. The summed E-state index contributed by atoms with van der Waals surface area (Å²) in [6.07, 6.45) is 4.70. The molecule has 0 aliphatic heterocycles. The second kappa shape index (κ2) is 6.84. The minimum absolute atomic E-state index is 0.0697. The Morgan fingerprint density at radius 2 is 2.09 bits per heavy atom. The van der Waals surface area contributed by atoms with Crippen molar-refractivity contribution in [2.75, 3.05) is 11.9 Å². The first-order valence-corrected chi connectivity index (χ1v) is 8.66. The van der Waals surface area contributed by atoms with Crippen molar-refractivity contribution in [2.24, 2.45) is 10.9 Å².